The predicted octanol–water partition coefficient (Wildman–Crippen LogP) is 4.30. The lowest BCUT2D eigenvalue weighted by molar-refractivity contribution is -0.137. The number of carbonyl (C=O) groups is 1. The molecule has 0 aliphatic carbocycles. The molecular weight excluding hydrogens is 349 g/mol. The first kappa shape index (κ1) is 15.4. The van der Waals surface area contributed by atoms with Gasteiger partial charge in [-0.15, -0.1) is 0 Å². The van der Waals surface area contributed by atoms with Gasteiger partial charge in [0.25, 0.3) is 5.91 Å². The number of rotatable bonds is 2. The Morgan fingerprint density at radius 1 is 1.10 bits per heavy atom. The maximum Gasteiger partial charge on any atom is 0.416 e. The molecule has 0 unspecified atom stereocenters. The summed E-state index contributed by atoms with van der Waals surface area (Å²) in [5, 5.41) is 2.58. The number of hydrogen-bond acceptors (Lipinski definition) is 2. The van der Waals surface area contributed by atoms with E-state index in [9.17, 15) is 18.0 Å². The summed E-state index contributed by atoms with van der Waals surface area (Å²) in [6, 6.07) is 8.81. The van der Waals surface area contributed by atoms with E-state index in [1.807, 2.05) is 0 Å². The van der Waals surface area contributed by atoms with Crippen LogP contribution < -0.4 is 11.1 Å². The number of nitrogens with two attached hydrogens (primary N) is 1. The molecule has 2 aromatic rings. The van der Waals surface area contributed by atoms with Crippen molar-refractivity contribution in [1.82, 2.24) is 0 Å². The summed E-state index contributed by atoms with van der Waals surface area (Å²) in [7, 11) is 0. The van der Waals surface area contributed by atoms with Gasteiger partial charge < -0.3 is 11.1 Å². The largest absolute Gasteiger partial charge is 0.416 e. The van der Waals surface area contributed by atoms with Crippen LogP contribution in [0.3, 0.4) is 0 Å². The second-order valence-corrected chi connectivity index (χ2v) is 5.12. The molecule has 7 heteroatoms. The molecule has 0 atom stereocenters. The van der Waals surface area contributed by atoms with Crippen LogP contribution in [0, 0.1) is 0 Å². The number of carbonyl (C=O) groups excluding carboxylic acids is 1. The Labute approximate surface area is 127 Å². The van der Waals surface area contributed by atoms with E-state index >= 15 is 0 Å². The summed E-state index contributed by atoms with van der Waals surface area (Å²) in [6.07, 6.45) is -4.42. The van der Waals surface area contributed by atoms with Crippen molar-refractivity contribution in [3.63, 3.8) is 0 Å². The van der Waals surface area contributed by atoms with Crippen LogP contribution in [0.5, 0.6) is 0 Å². The van der Waals surface area contributed by atoms with E-state index in [2.05, 4.69) is 21.2 Å². The van der Waals surface area contributed by atoms with Crippen molar-refractivity contribution in [2.75, 3.05) is 11.1 Å². The van der Waals surface area contributed by atoms with Crippen molar-refractivity contribution in [3.05, 3.63) is 58.1 Å². The van der Waals surface area contributed by atoms with E-state index in [1.54, 1.807) is 18.2 Å². The molecule has 0 saturated carbocycles. The summed E-state index contributed by atoms with van der Waals surface area (Å²) in [5.74, 6) is -0.500. The van der Waals surface area contributed by atoms with E-state index in [1.165, 1.54) is 0 Å². The minimum atomic E-state index is -4.42. The van der Waals surface area contributed by atoms with Crippen LogP contribution in [0.25, 0.3) is 0 Å². The number of alkyl halides is 3. The summed E-state index contributed by atoms with van der Waals surface area (Å²) in [5.41, 5.74) is 5.96. The molecule has 2 aromatic carbocycles. The Balaban J connectivity index is 2.15. The number of nitrogen functional groups attached to an aromatic ring is 1. The fraction of sp³-hybridized carbons (Fsp3) is 0.0714. The van der Waals surface area contributed by atoms with Gasteiger partial charge in [0, 0.05) is 21.4 Å². The molecule has 3 N–H and O–H groups in total. The van der Waals surface area contributed by atoms with E-state index < -0.39 is 17.6 Å². The van der Waals surface area contributed by atoms with Crippen molar-refractivity contribution in [2.45, 2.75) is 6.18 Å². The van der Waals surface area contributed by atoms with Crippen molar-refractivity contribution in [1.29, 1.82) is 0 Å². The van der Waals surface area contributed by atoms with Gasteiger partial charge in [0.15, 0.2) is 0 Å². The second kappa shape index (κ2) is 5.77. The first-order valence-electron chi connectivity index (χ1n) is 5.81. The number of nitrogens with one attached hydrogen (secondary N) is 1. The van der Waals surface area contributed by atoms with E-state index in [0.29, 0.717) is 15.8 Å². The zero-order chi connectivity index (χ0) is 15.6. The highest BCUT2D eigenvalue weighted by molar-refractivity contribution is 9.10. The van der Waals surface area contributed by atoms with Crippen molar-refractivity contribution < 1.29 is 18.0 Å². The molecule has 0 fully saturated rings. The highest BCUT2D eigenvalue weighted by atomic mass is 79.9. The normalized spacial score (nSPS) is 11.2. The highest BCUT2D eigenvalue weighted by Crippen LogP contribution is 2.29. The molecule has 0 aliphatic heterocycles. The minimum Gasteiger partial charge on any atom is -0.398 e. The number of anilines is 2. The second-order valence-electron chi connectivity index (χ2n) is 4.27. The van der Waals surface area contributed by atoms with Crippen LogP contribution in [0.15, 0.2) is 46.9 Å². The Bertz CT molecular complexity index is 669. The van der Waals surface area contributed by atoms with Gasteiger partial charge in [-0.25, -0.2) is 0 Å². The average molecular weight is 359 g/mol. The van der Waals surface area contributed by atoms with Gasteiger partial charge in [-0.1, -0.05) is 0 Å². The first-order chi connectivity index (χ1) is 9.77. The number of hydrogen-bond donors (Lipinski definition) is 2. The lowest BCUT2D eigenvalue weighted by Crippen LogP contribution is -2.13. The maximum atomic E-state index is 12.4. The fourth-order valence-electron chi connectivity index (χ4n) is 1.62. The first-order valence-corrected chi connectivity index (χ1v) is 6.60. The average Bonchev–Trinajstić information content (AvgIpc) is 2.42. The van der Waals surface area contributed by atoms with Crippen LogP contribution in [0.2, 0.25) is 0 Å². The summed E-state index contributed by atoms with van der Waals surface area (Å²) in [4.78, 5) is 11.9. The third-order valence-electron chi connectivity index (χ3n) is 2.73. The van der Waals surface area contributed by atoms with Crippen molar-refractivity contribution >= 4 is 33.2 Å². The van der Waals surface area contributed by atoms with E-state index in [-0.39, 0.29) is 5.56 Å². The SMILES string of the molecule is Nc1ccc(NC(=O)c2ccc(C(F)(F)F)cc2)cc1Br. The van der Waals surface area contributed by atoms with Gasteiger partial charge in [0.1, 0.15) is 0 Å². The lowest BCUT2D eigenvalue weighted by atomic mass is 10.1. The van der Waals surface area contributed by atoms with Gasteiger partial charge in [-0.2, -0.15) is 13.2 Å². The predicted molar refractivity (Wildman–Crippen MR) is 78.0 cm³/mol. The number of benzene rings is 2. The van der Waals surface area contributed by atoms with Gasteiger partial charge in [0.05, 0.1) is 5.56 Å². The van der Waals surface area contributed by atoms with Gasteiger partial charge in [-0.05, 0) is 58.4 Å². The van der Waals surface area contributed by atoms with Crippen LogP contribution in [0.1, 0.15) is 15.9 Å². The number of halogens is 4. The Morgan fingerprint density at radius 2 is 1.71 bits per heavy atom. The quantitative estimate of drug-likeness (QED) is 0.786. The van der Waals surface area contributed by atoms with E-state index in [0.717, 1.165) is 24.3 Å². The molecule has 3 nitrogen and oxygen atoms in total. The molecule has 0 radical (unpaired) electrons. The monoisotopic (exact) mass is 358 g/mol. The highest BCUT2D eigenvalue weighted by Gasteiger charge is 2.30. The molecule has 0 spiro atoms. The van der Waals surface area contributed by atoms with Crippen LogP contribution in [-0.2, 0) is 6.18 Å². The molecule has 0 saturated heterocycles. The topological polar surface area (TPSA) is 55.1 Å². The summed E-state index contributed by atoms with van der Waals surface area (Å²) < 4.78 is 37.9. The third kappa shape index (κ3) is 3.75. The standard InChI is InChI=1S/C14H10BrF3N2O/c15-11-7-10(5-6-12(11)19)20-13(21)8-1-3-9(4-2-8)14(16,17)18/h1-7H,19H2,(H,20,21). The van der Waals surface area contributed by atoms with Crippen LogP contribution in [0.4, 0.5) is 24.5 Å². The molecule has 0 heterocycles. The Kier molecular flexibility index (Phi) is 4.22. The molecular formula is C14H10BrF3N2O. The van der Waals surface area contributed by atoms with Crippen molar-refractivity contribution in [2.24, 2.45) is 0 Å². The summed E-state index contributed by atoms with van der Waals surface area (Å²) in [6.45, 7) is 0. The zero-order valence-corrected chi connectivity index (χ0v) is 12.1. The molecule has 0 bridgehead atoms. The molecule has 0 aliphatic rings. The van der Waals surface area contributed by atoms with Gasteiger partial charge in [-0.3, -0.25) is 4.79 Å². The Hall–Kier alpha value is -2.02. The molecule has 2 rings (SSSR count). The lowest BCUT2D eigenvalue weighted by Gasteiger charge is -2.09. The van der Waals surface area contributed by atoms with Crippen LogP contribution >= 0.6 is 15.9 Å². The van der Waals surface area contributed by atoms with Gasteiger partial charge in [0.2, 0.25) is 0 Å². The summed E-state index contributed by atoms with van der Waals surface area (Å²) >= 11 is 3.22. The van der Waals surface area contributed by atoms with Crippen molar-refractivity contribution in [3.8, 4) is 0 Å². The third-order valence-corrected chi connectivity index (χ3v) is 3.42. The van der Waals surface area contributed by atoms with E-state index in [4.69, 9.17) is 5.73 Å². The zero-order valence-electron chi connectivity index (χ0n) is 10.5. The Morgan fingerprint density at radius 3 is 2.24 bits per heavy atom. The number of amides is 1. The smallest absolute Gasteiger partial charge is 0.398 e. The molecule has 1 amide bonds. The minimum absolute atomic E-state index is 0.135. The van der Waals surface area contributed by atoms with Crippen LogP contribution in [-0.4, -0.2) is 5.91 Å². The fourth-order valence-corrected chi connectivity index (χ4v) is 2.00. The molecule has 21 heavy (non-hydrogen) atoms. The van der Waals surface area contributed by atoms with Gasteiger partial charge >= 0.3 is 6.18 Å². The molecule has 110 valence electrons. The maximum absolute atomic E-state index is 12.4. The molecule has 0 aromatic heterocycles.